The van der Waals surface area contributed by atoms with E-state index in [1.54, 1.807) is 19.2 Å². The van der Waals surface area contributed by atoms with Gasteiger partial charge in [0.1, 0.15) is 10.6 Å². The molecule has 0 aromatic heterocycles. The third-order valence-corrected chi connectivity index (χ3v) is 5.13. The summed E-state index contributed by atoms with van der Waals surface area (Å²) in [6.45, 7) is 0.801. The number of hydrogen-bond acceptors (Lipinski definition) is 5. The van der Waals surface area contributed by atoms with Gasteiger partial charge in [0, 0.05) is 25.9 Å². The van der Waals surface area contributed by atoms with Crippen molar-refractivity contribution in [3.8, 4) is 5.75 Å². The van der Waals surface area contributed by atoms with E-state index >= 15 is 0 Å². The number of sulfonamides is 1. The highest BCUT2D eigenvalue weighted by Crippen LogP contribution is 2.30. The van der Waals surface area contributed by atoms with Crippen LogP contribution in [-0.2, 0) is 14.8 Å². The minimum absolute atomic E-state index is 0.0539. The highest BCUT2D eigenvalue weighted by molar-refractivity contribution is 7.89. The number of hydrogen-bond donors (Lipinski definition) is 1. The lowest BCUT2D eigenvalue weighted by molar-refractivity contribution is 0.115. The van der Waals surface area contributed by atoms with Gasteiger partial charge in [0.05, 0.1) is 13.2 Å². The Morgan fingerprint density at radius 1 is 1.37 bits per heavy atom. The average molecular weight is 286 g/mol. The molecule has 1 aliphatic rings. The van der Waals surface area contributed by atoms with Crippen molar-refractivity contribution in [2.45, 2.75) is 17.4 Å². The van der Waals surface area contributed by atoms with Crippen molar-refractivity contribution in [3.63, 3.8) is 0 Å². The summed E-state index contributed by atoms with van der Waals surface area (Å²) in [6, 6.07) is 4.60. The molecule has 7 heteroatoms. The Bertz CT molecular complexity index is 559. The van der Waals surface area contributed by atoms with Gasteiger partial charge in [-0.25, -0.2) is 8.42 Å². The Morgan fingerprint density at radius 3 is 2.68 bits per heavy atom. The monoisotopic (exact) mass is 286 g/mol. The molecule has 1 saturated heterocycles. The van der Waals surface area contributed by atoms with Crippen molar-refractivity contribution < 1.29 is 17.9 Å². The first kappa shape index (κ1) is 14.1. The largest absolute Gasteiger partial charge is 0.495 e. The molecule has 1 aliphatic heterocycles. The van der Waals surface area contributed by atoms with Crippen LogP contribution in [0.5, 0.6) is 5.75 Å². The maximum atomic E-state index is 12.6. The van der Waals surface area contributed by atoms with Crippen LogP contribution in [0.15, 0.2) is 23.1 Å². The SMILES string of the molecule is COc1ccc(N)cc1S(=O)(=O)N1CCC(OC)C1. The van der Waals surface area contributed by atoms with Crippen LogP contribution in [0.2, 0.25) is 0 Å². The van der Waals surface area contributed by atoms with Gasteiger partial charge in [-0.05, 0) is 24.6 Å². The van der Waals surface area contributed by atoms with Gasteiger partial charge in [-0.15, -0.1) is 0 Å². The zero-order valence-electron chi connectivity index (χ0n) is 11.0. The van der Waals surface area contributed by atoms with Crippen LogP contribution in [0.25, 0.3) is 0 Å². The fourth-order valence-corrected chi connectivity index (χ4v) is 3.82. The number of rotatable bonds is 4. The molecule has 0 amide bonds. The van der Waals surface area contributed by atoms with E-state index in [1.807, 2.05) is 0 Å². The van der Waals surface area contributed by atoms with Gasteiger partial charge >= 0.3 is 0 Å². The Hall–Kier alpha value is -1.31. The summed E-state index contributed by atoms with van der Waals surface area (Å²) >= 11 is 0. The van der Waals surface area contributed by atoms with Gasteiger partial charge in [-0.2, -0.15) is 4.31 Å². The molecule has 6 nitrogen and oxygen atoms in total. The number of benzene rings is 1. The summed E-state index contributed by atoms with van der Waals surface area (Å²) in [5.41, 5.74) is 6.06. The molecule has 106 valence electrons. The second kappa shape index (κ2) is 5.36. The predicted octanol–water partition coefficient (Wildman–Crippen LogP) is 0.687. The highest BCUT2D eigenvalue weighted by Gasteiger charge is 2.34. The van der Waals surface area contributed by atoms with E-state index in [4.69, 9.17) is 15.2 Å². The molecule has 1 heterocycles. The molecule has 1 aromatic rings. The summed E-state index contributed by atoms with van der Waals surface area (Å²) in [4.78, 5) is 0.103. The van der Waals surface area contributed by atoms with Crippen molar-refractivity contribution in [1.29, 1.82) is 0 Å². The van der Waals surface area contributed by atoms with E-state index in [1.165, 1.54) is 17.5 Å². The molecule has 1 fully saturated rings. The normalized spacial score (nSPS) is 20.6. The Kier molecular flexibility index (Phi) is 3.98. The van der Waals surface area contributed by atoms with Crippen LogP contribution in [0.3, 0.4) is 0 Å². The molecule has 2 rings (SSSR count). The van der Waals surface area contributed by atoms with Crippen LogP contribution in [0.1, 0.15) is 6.42 Å². The van der Waals surface area contributed by atoms with Crippen LogP contribution in [-0.4, -0.2) is 46.1 Å². The highest BCUT2D eigenvalue weighted by atomic mass is 32.2. The van der Waals surface area contributed by atoms with E-state index in [0.717, 1.165) is 0 Å². The van der Waals surface area contributed by atoms with E-state index in [0.29, 0.717) is 30.9 Å². The molecule has 0 aliphatic carbocycles. The van der Waals surface area contributed by atoms with Gasteiger partial charge in [0.15, 0.2) is 0 Å². The van der Waals surface area contributed by atoms with Crippen LogP contribution in [0, 0.1) is 0 Å². The van der Waals surface area contributed by atoms with E-state index in [2.05, 4.69) is 0 Å². The number of nitrogens with two attached hydrogens (primary N) is 1. The van der Waals surface area contributed by atoms with E-state index < -0.39 is 10.0 Å². The molecule has 2 N–H and O–H groups in total. The number of anilines is 1. The maximum absolute atomic E-state index is 12.6. The number of methoxy groups -OCH3 is 2. The molecule has 1 aromatic carbocycles. The first-order valence-electron chi connectivity index (χ1n) is 5.95. The van der Waals surface area contributed by atoms with Gasteiger partial charge in [-0.3, -0.25) is 0 Å². The van der Waals surface area contributed by atoms with Gasteiger partial charge in [0.2, 0.25) is 10.0 Å². The maximum Gasteiger partial charge on any atom is 0.246 e. The average Bonchev–Trinajstić information content (AvgIpc) is 2.88. The minimum Gasteiger partial charge on any atom is -0.495 e. The number of nitrogens with zero attached hydrogens (tertiary/aromatic N) is 1. The first-order valence-corrected chi connectivity index (χ1v) is 7.39. The Balaban J connectivity index is 2.37. The molecule has 0 spiro atoms. The molecular weight excluding hydrogens is 268 g/mol. The van der Waals surface area contributed by atoms with Crippen LogP contribution in [0.4, 0.5) is 5.69 Å². The molecule has 0 radical (unpaired) electrons. The van der Waals surface area contributed by atoms with Crippen molar-refractivity contribution in [2.24, 2.45) is 0 Å². The van der Waals surface area contributed by atoms with Crippen LogP contribution >= 0.6 is 0 Å². The Labute approximate surface area is 113 Å². The topological polar surface area (TPSA) is 81.9 Å². The second-order valence-corrected chi connectivity index (χ2v) is 6.33. The standard InChI is InChI=1S/C12H18N2O4S/c1-17-10-5-6-14(8-10)19(15,16)12-7-9(13)3-4-11(12)18-2/h3-4,7,10H,5-6,8,13H2,1-2H3. The third-order valence-electron chi connectivity index (χ3n) is 3.25. The smallest absolute Gasteiger partial charge is 0.246 e. The lowest BCUT2D eigenvalue weighted by atomic mass is 10.3. The predicted molar refractivity (Wildman–Crippen MR) is 71.6 cm³/mol. The van der Waals surface area contributed by atoms with Crippen molar-refractivity contribution in [2.75, 3.05) is 33.0 Å². The van der Waals surface area contributed by atoms with Gasteiger partial charge in [-0.1, -0.05) is 0 Å². The summed E-state index contributed by atoms with van der Waals surface area (Å²) < 4.78 is 36.8. The number of nitrogen functional groups attached to an aromatic ring is 1. The summed E-state index contributed by atoms with van der Waals surface area (Å²) in [5.74, 6) is 0.301. The van der Waals surface area contributed by atoms with Crippen molar-refractivity contribution in [1.82, 2.24) is 4.31 Å². The van der Waals surface area contributed by atoms with Crippen molar-refractivity contribution >= 4 is 15.7 Å². The summed E-state index contributed by atoms with van der Waals surface area (Å²) in [6.07, 6.45) is 0.641. The first-order chi connectivity index (χ1) is 8.98. The van der Waals surface area contributed by atoms with Gasteiger partial charge in [0.25, 0.3) is 0 Å². The van der Waals surface area contributed by atoms with Crippen LogP contribution < -0.4 is 10.5 Å². The minimum atomic E-state index is -3.60. The lowest BCUT2D eigenvalue weighted by Crippen LogP contribution is -2.30. The Morgan fingerprint density at radius 2 is 2.11 bits per heavy atom. The fourth-order valence-electron chi connectivity index (χ4n) is 2.14. The molecular formula is C12H18N2O4S. The third kappa shape index (κ3) is 2.68. The van der Waals surface area contributed by atoms with Crippen molar-refractivity contribution in [3.05, 3.63) is 18.2 Å². The molecule has 0 bridgehead atoms. The van der Waals surface area contributed by atoms with E-state index in [9.17, 15) is 8.42 Å². The molecule has 1 unspecified atom stereocenters. The fraction of sp³-hybridized carbons (Fsp3) is 0.500. The second-order valence-electron chi connectivity index (χ2n) is 4.42. The summed E-state index contributed by atoms with van der Waals surface area (Å²) in [7, 11) is -0.576. The molecule has 19 heavy (non-hydrogen) atoms. The zero-order chi connectivity index (χ0) is 14.0. The van der Waals surface area contributed by atoms with E-state index in [-0.39, 0.29) is 11.0 Å². The lowest BCUT2D eigenvalue weighted by Gasteiger charge is -2.18. The van der Waals surface area contributed by atoms with Gasteiger partial charge < -0.3 is 15.2 Å². The summed E-state index contributed by atoms with van der Waals surface area (Å²) in [5, 5.41) is 0. The molecule has 0 saturated carbocycles. The number of ether oxygens (including phenoxy) is 2. The molecule has 1 atom stereocenters. The zero-order valence-corrected chi connectivity index (χ0v) is 11.8. The quantitative estimate of drug-likeness (QED) is 0.823.